The summed E-state index contributed by atoms with van der Waals surface area (Å²) in [6, 6.07) is 6.49. The minimum absolute atomic E-state index is 0.199. The molecule has 0 saturated carbocycles. The number of aliphatic hydroxyl groups excluding tert-OH is 1. The maximum Gasteiger partial charge on any atom is 0.414 e. The maximum atomic E-state index is 12.6. The molecule has 0 aromatic heterocycles. The summed E-state index contributed by atoms with van der Waals surface area (Å²) in [6.07, 6.45) is 2.76. The van der Waals surface area contributed by atoms with E-state index in [4.69, 9.17) is 4.74 Å². The first-order valence-electron chi connectivity index (χ1n) is 8.85. The van der Waals surface area contributed by atoms with Crippen LogP contribution >= 0.6 is 0 Å². The standard InChI is InChI=1S/C19H28N2O3/c1-19(2,3)24-18(23)21-11-9-14-6-4-7-15(17(14)21)12-20-10-5-8-16(20)13-22/h4,6-7,16,22H,5,8-13H2,1-3H3/t16-/m1/s1. The van der Waals surface area contributed by atoms with Gasteiger partial charge in [-0.05, 0) is 57.7 Å². The third kappa shape index (κ3) is 3.57. The third-order valence-corrected chi connectivity index (χ3v) is 4.77. The fraction of sp³-hybridized carbons (Fsp3) is 0.632. The van der Waals surface area contributed by atoms with Crippen molar-refractivity contribution in [3.63, 3.8) is 0 Å². The second-order valence-electron chi connectivity index (χ2n) is 7.76. The van der Waals surface area contributed by atoms with Crippen LogP contribution in [0.4, 0.5) is 10.5 Å². The number of para-hydroxylation sites is 1. The van der Waals surface area contributed by atoms with E-state index in [1.54, 1.807) is 4.90 Å². The van der Waals surface area contributed by atoms with Gasteiger partial charge in [-0.3, -0.25) is 9.80 Å². The summed E-state index contributed by atoms with van der Waals surface area (Å²) in [7, 11) is 0. The van der Waals surface area contributed by atoms with Crippen molar-refractivity contribution in [1.29, 1.82) is 0 Å². The summed E-state index contributed by atoms with van der Waals surface area (Å²) in [5, 5.41) is 9.55. The van der Waals surface area contributed by atoms with Gasteiger partial charge in [0.05, 0.1) is 12.3 Å². The van der Waals surface area contributed by atoms with Crippen molar-refractivity contribution in [3.05, 3.63) is 29.3 Å². The van der Waals surface area contributed by atoms with Gasteiger partial charge in [0.2, 0.25) is 0 Å². The number of hydrogen-bond acceptors (Lipinski definition) is 4. The Hall–Kier alpha value is -1.59. The van der Waals surface area contributed by atoms with Gasteiger partial charge >= 0.3 is 6.09 Å². The van der Waals surface area contributed by atoms with Crippen LogP contribution in [0, 0.1) is 0 Å². The van der Waals surface area contributed by atoms with Crippen molar-refractivity contribution in [2.45, 2.75) is 58.2 Å². The largest absolute Gasteiger partial charge is 0.443 e. The van der Waals surface area contributed by atoms with Crippen LogP contribution in [0.1, 0.15) is 44.7 Å². The molecule has 0 aliphatic carbocycles. The van der Waals surface area contributed by atoms with E-state index < -0.39 is 5.60 Å². The van der Waals surface area contributed by atoms with Gasteiger partial charge in [-0.2, -0.15) is 0 Å². The zero-order valence-corrected chi connectivity index (χ0v) is 14.9. The maximum absolute atomic E-state index is 12.6. The molecule has 2 aliphatic heterocycles. The lowest BCUT2D eigenvalue weighted by molar-refractivity contribution is 0.0583. The smallest absolute Gasteiger partial charge is 0.414 e. The van der Waals surface area contributed by atoms with Crippen molar-refractivity contribution >= 4 is 11.8 Å². The average Bonchev–Trinajstić information content (AvgIpc) is 3.12. The van der Waals surface area contributed by atoms with Crippen molar-refractivity contribution in [1.82, 2.24) is 4.90 Å². The number of rotatable bonds is 3. The average molecular weight is 332 g/mol. The fourth-order valence-corrected chi connectivity index (χ4v) is 3.69. The minimum atomic E-state index is -0.494. The van der Waals surface area contributed by atoms with Crippen LogP contribution in [0.25, 0.3) is 0 Å². The molecule has 2 aliphatic rings. The number of carbonyl (C=O) groups excluding carboxylic acids is 1. The van der Waals surface area contributed by atoms with Crippen LogP contribution in [0.5, 0.6) is 0 Å². The van der Waals surface area contributed by atoms with Gasteiger partial charge in [0, 0.05) is 19.1 Å². The van der Waals surface area contributed by atoms with Gasteiger partial charge in [-0.25, -0.2) is 4.79 Å². The van der Waals surface area contributed by atoms with Crippen LogP contribution in [-0.4, -0.2) is 47.4 Å². The molecule has 0 spiro atoms. The predicted molar refractivity (Wildman–Crippen MR) is 94.2 cm³/mol. The molecule has 24 heavy (non-hydrogen) atoms. The van der Waals surface area contributed by atoms with Crippen molar-refractivity contribution < 1.29 is 14.6 Å². The zero-order valence-electron chi connectivity index (χ0n) is 14.9. The second kappa shape index (κ2) is 6.73. The number of likely N-dealkylation sites (tertiary alicyclic amines) is 1. The molecule has 132 valence electrons. The van der Waals surface area contributed by atoms with Gasteiger partial charge < -0.3 is 9.84 Å². The molecule has 1 aromatic rings. The first-order valence-corrected chi connectivity index (χ1v) is 8.85. The minimum Gasteiger partial charge on any atom is -0.443 e. The van der Waals surface area contributed by atoms with Gasteiger partial charge in [0.25, 0.3) is 0 Å². The molecule has 5 nitrogen and oxygen atoms in total. The van der Waals surface area contributed by atoms with Crippen LogP contribution in [0.15, 0.2) is 18.2 Å². The van der Waals surface area contributed by atoms with Gasteiger partial charge in [0.15, 0.2) is 0 Å². The predicted octanol–water partition coefficient (Wildman–Crippen LogP) is 2.94. The van der Waals surface area contributed by atoms with E-state index in [1.165, 1.54) is 5.56 Å². The molecule has 2 heterocycles. The van der Waals surface area contributed by atoms with E-state index in [1.807, 2.05) is 20.8 Å². The van der Waals surface area contributed by atoms with E-state index in [2.05, 4.69) is 23.1 Å². The summed E-state index contributed by atoms with van der Waals surface area (Å²) in [6.45, 7) is 8.32. The molecule has 0 unspecified atom stereocenters. The highest BCUT2D eigenvalue weighted by atomic mass is 16.6. The molecule has 1 N–H and O–H groups in total. The second-order valence-corrected chi connectivity index (χ2v) is 7.76. The molecule has 0 radical (unpaired) electrons. The SMILES string of the molecule is CC(C)(C)OC(=O)N1CCc2cccc(CN3CCC[C@@H]3CO)c21. The molecule has 0 bridgehead atoms. The lowest BCUT2D eigenvalue weighted by Gasteiger charge is -2.28. The Labute approximate surface area is 144 Å². The van der Waals surface area contributed by atoms with Crippen LogP contribution < -0.4 is 4.90 Å². The highest BCUT2D eigenvalue weighted by Gasteiger charge is 2.32. The van der Waals surface area contributed by atoms with Gasteiger partial charge in [-0.1, -0.05) is 18.2 Å². The summed E-state index contributed by atoms with van der Waals surface area (Å²) in [5.41, 5.74) is 2.87. The molecular formula is C19H28N2O3. The number of aliphatic hydroxyl groups is 1. The summed E-state index contributed by atoms with van der Waals surface area (Å²) in [4.78, 5) is 16.7. The molecule has 5 heteroatoms. The number of ether oxygens (including phenoxy) is 1. The quantitative estimate of drug-likeness (QED) is 0.925. The summed E-state index contributed by atoms with van der Waals surface area (Å²) < 4.78 is 5.58. The Morgan fingerprint density at radius 2 is 2.12 bits per heavy atom. The Kier molecular flexibility index (Phi) is 4.83. The fourth-order valence-electron chi connectivity index (χ4n) is 3.69. The van der Waals surface area contributed by atoms with E-state index in [0.717, 1.165) is 43.6 Å². The lowest BCUT2D eigenvalue weighted by atomic mass is 10.1. The van der Waals surface area contributed by atoms with E-state index >= 15 is 0 Å². The molecule has 1 amide bonds. The Morgan fingerprint density at radius 1 is 1.33 bits per heavy atom. The molecule has 3 rings (SSSR count). The number of fused-ring (bicyclic) bond motifs is 1. The van der Waals surface area contributed by atoms with Crippen LogP contribution in [-0.2, 0) is 17.7 Å². The first-order chi connectivity index (χ1) is 11.4. The van der Waals surface area contributed by atoms with Crippen molar-refractivity contribution in [2.75, 3.05) is 24.6 Å². The lowest BCUT2D eigenvalue weighted by Crippen LogP contribution is -2.37. The van der Waals surface area contributed by atoms with Gasteiger partial charge in [-0.15, -0.1) is 0 Å². The Bertz CT molecular complexity index is 609. The first kappa shape index (κ1) is 17.2. The normalized spacial score (nSPS) is 21.2. The number of amides is 1. The number of benzene rings is 1. The Morgan fingerprint density at radius 3 is 2.83 bits per heavy atom. The highest BCUT2D eigenvalue weighted by molar-refractivity contribution is 5.91. The summed E-state index contributed by atoms with van der Waals surface area (Å²) >= 11 is 0. The van der Waals surface area contributed by atoms with Crippen LogP contribution in [0.3, 0.4) is 0 Å². The van der Waals surface area contributed by atoms with E-state index in [-0.39, 0.29) is 18.7 Å². The molecular weight excluding hydrogens is 304 g/mol. The molecule has 1 saturated heterocycles. The zero-order chi connectivity index (χ0) is 17.3. The highest BCUT2D eigenvalue weighted by Crippen LogP contribution is 2.34. The number of carbonyl (C=O) groups is 1. The number of anilines is 1. The molecule has 1 fully saturated rings. The monoisotopic (exact) mass is 332 g/mol. The molecule has 1 aromatic carbocycles. The van der Waals surface area contributed by atoms with E-state index in [0.29, 0.717) is 6.54 Å². The number of nitrogens with zero attached hydrogens (tertiary/aromatic N) is 2. The topological polar surface area (TPSA) is 53.0 Å². The van der Waals surface area contributed by atoms with E-state index in [9.17, 15) is 9.90 Å². The third-order valence-electron chi connectivity index (χ3n) is 4.77. The summed E-state index contributed by atoms with van der Waals surface area (Å²) in [5.74, 6) is 0. The Balaban J connectivity index is 1.83. The van der Waals surface area contributed by atoms with Crippen molar-refractivity contribution in [2.24, 2.45) is 0 Å². The van der Waals surface area contributed by atoms with Crippen LogP contribution in [0.2, 0.25) is 0 Å². The number of hydrogen-bond donors (Lipinski definition) is 1. The molecule has 1 atom stereocenters. The van der Waals surface area contributed by atoms with Gasteiger partial charge in [0.1, 0.15) is 5.60 Å². The van der Waals surface area contributed by atoms with Crippen molar-refractivity contribution in [3.8, 4) is 0 Å².